The maximum Gasteiger partial charge on any atom is 0.224 e. The molecule has 0 spiro atoms. The number of nitrogens with zero attached hydrogens (tertiary/aromatic N) is 1. The predicted octanol–water partition coefficient (Wildman–Crippen LogP) is 5.03. The van der Waals surface area contributed by atoms with E-state index in [-0.39, 0.29) is 18.2 Å². The third-order valence-electron chi connectivity index (χ3n) is 5.12. The molecule has 2 aromatic carbocycles. The Balaban J connectivity index is 1.91. The monoisotopic (exact) mass is 412 g/mol. The summed E-state index contributed by atoms with van der Waals surface area (Å²) in [7, 11) is 0. The van der Waals surface area contributed by atoms with E-state index in [0.717, 1.165) is 24.5 Å². The Bertz CT molecular complexity index is 1000. The maximum absolute atomic E-state index is 14.2. The number of hydrogen-bond acceptors (Lipinski definition) is 2. The third kappa shape index (κ3) is 4.30. The fourth-order valence-electron chi connectivity index (χ4n) is 3.51. The van der Waals surface area contributed by atoms with Crippen molar-refractivity contribution in [3.8, 4) is 0 Å². The molecule has 1 aliphatic carbocycles. The molecule has 6 heteroatoms. The number of halogens is 3. The number of benzene rings is 2. The minimum Gasteiger partial charge on any atom is -0.340 e. The summed E-state index contributed by atoms with van der Waals surface area (Å²) in [4.78, 5) is 17.3. The van der Waals surface area contributed by atoms with Crippen molar-refractivity contribution in [2.24, 2.45) is 5.92 Å². The summed E-state index contributed by atoms with van der Waals surface area (Å²) in [6.45, 7) is 0. The van der Waals surface area contributed by atoms with Gasteiger partial charge < -0.3 is 5.32 Å². The first-order chi connectivity index (χ1) is 14.0. The summed E-state index contributed by atoms with van der Waals surface area (Å²) in [5, 5.41) is 3.50. The largest absolute Gasteiger partial charge is 0.340 e. The van der Waals surface area contributed by atoms with Crippen LogP contribution < -0.4 is 5.32 Å². The zero-order chi connectivity index (χ0) is 20.4. The van der Waals surface area contributed by atoms with Crippen LogP contribution in [0.3, 0.4) is 0 Å². The van der Waals surface area contributed by atoms with Gasteiger partial charge in [-0.25, -0.2) is 8.78 Å². The fraction of sp³-hybridized carbons (Fsp3) is 0.217. The lowest BCUT2D eigenvalue weighted by atomic mass is 9.80. The summed E-state index contributed by atoms with van der Waals surface area (Å²) in [5.74, 6) is -1.67. The molecule has 1 aromatic heterocycles. The van der Waals surface area contributed by atoms with E-state index < -0.39 is 17.2 Å². The second kappa shape index (κ2) is 7.91. The average Bonchev–Trinajstić information content (AvgIpc) is 3.53. The molecular weight excluding hydrogens is 394 g/mol. The smallest absolute Gasteiger partial charge is 0.224 e. The van der Waals surface area contributed by atoms with Crippen LogP contribution in [-0.4, -0.2) is 10.9 Å². The lowest BCUT2D eigenvalue weighted by molar-refractivity contribution is -0.124. The quantitative estimate of drug-likeness (QED) is 0.617. The summed E-state index contributed by atoms with van der Waals surface area (Å²) in [5.41, 5.74) is 0.409. The van der Waals surface area contributed by atoms with Gasteiger partial charge in [0.1, 0.15) is 17.2 Å². The fourth-order valence-corrected chi connectivity index (χ4v) is 3.62. The molecule has 0 saturated heterocycles. The normalized spacial score (nSPS) is 15.6. The molecule has 1 unspecified atom stereocenters. The second-order valence-electron chi connectivity index (χ2n) is 7.35. The van der Waals surface area contributed by atoms with Crippen molar-refractivity contribution >= 4 is 17.5 Å². The Labute approximate surface area is 172 Å². The molecule has 29 heavy (non-hydrogen) atoms. The van der Waals surface area contributed by atoms with E-state index in [4.69, 9.17) is 11.6 Å². The third-order valence-corrected chi connectivity index (χ3v) is 5.34. The first-order valence-corrected chi connectivity index (χ1v) is 9.79. The second-order valence-corrected chi connectivity index (χ2v) is 7.79. The molecule has 148 valence electrons. The van der Waals surface area contributed by atoms with Crippen LogP contribution in [0.5, 0.6) is 0 Å². The highest BCUT2D eigenvalue weighted by Gasteiger charge is 2.42. The van der Waals surface area contributed by atoms with E-state index in [1.54, 1.807) is 12.1 Å². The molecule has 0 bridgehead atoms. The van der Waals surface area contributed by atoms with E-state index in [2.05, 4.69) is 10.3 Å². The summed E-state index contributed by atoms with van der Waals surface area (Å²) < 4.78 is 28.4. The van der Waals surface area contributed by atoms with Crippen molar-refractivity contribution in [3.63, 3.8) is 0 Å². The van der Waals surface area contributed by atoms with Gasteiger partial charge in [0.15, 0.2) is 0 Å². The minimum absolute atomic E-state index is 0.0872. The number of carbonyl (C=O) groups is 1. The Hall–Kier alpha value is -2.79. The van der Waals surface area contributed by atoms with Crippen molar-refractivity contribution in [3.05, 3.63) is 100 Å². The standard InChI is InChI=1S/C23H19ClF2N2O/c24-18-8-9-21(27-14-18)23(28-22(29)16-6-7-16,13-15-4-2-1-3-5-15)17-10-19(25)12-20(26)11-17/h1-5,8-12,14,16H,6-7,13H2,(H,28,29). The van der Waals surface area contributed by atoms with Crippen LogP contribution >= 0.6 is 11.6 Å². The van der Waals surface area contributed by atoms with Crippen molar-refractivity contribution in [2.45, 2.75) is 24.8 Å². The van der Waals surface area contributed by atoms with E-state index in [1.165, 1.54) is 18.3 Å². The van der Waals surface area contributed by atoms with Crippen molar-refractivity contribution < 1.29 is 13.6 Å². The molecule has 1 heterocycles. The van der Waals surface area contributed by atoms with Crippen LogP contribution in [0.2, 0.25) is 5.02 Å². The number of carbonyl (C=O) groups excluding carboxylic acids is 1. The Morgan fingerprint density at radius 3 is 2.34 bits per heavy atom. The predicted molar refractivity (Wildman–Crippen MR) is 107 cm³/mol. The van der Waals surface area contributed by atoms with Gasteiger partial charge in [0.05, 0.1) is 10.7 Å². The van der Waals surface area contributed by atoms with Crippen molar-refractivity contribution in [1.82, 2.24) is 10.3 Å². The molecule has 1 atom stereocenters. The van der Waals surface area contributed by atoms with Crippen LogP contribution in [0.1, 0.15) is 29.7 Å². The minimum atomic E-state index is -1.24. The van der Waals surface area contributed by atoms with Gasteiger partial charge in [-0.2, -0.15) is 0 Å². The Kier molecular flexibility index (Phi) is 5.33. The summed E-state index contributed by atoms with van der Waals surface area (Å²) >= 11 is 6.01. The van der Waals surface area contributed by atoms with Gasteiger partial charge in [-0.1, -0.05) is 41.9 Å². The van der Waals surface area contributed by atoms with Gasteiger partial charge in [0.2, 0.25) is 5.91 Å². The molecule has 1 saturated carbocycles. The number of rotatable bonds is 6. The van der Waals surface area contributed by atoms with Crippen LogP contribution in [0.15, 0.2) is 66.9 Å². The Morgan fingerprint density at radius 2 is 1.76 bits per heavy atom. The van der Waals surface area contributed by atoms with Gasteiger partial charge >= 0.3 is 0 Å². The molecule has 3 aromatic rings. The van der Waals surface area contributed by atoms with Crippen LogP contribution in [0.25, 0.3) is 0 Å². The SMILES string of the molecule is O=C(NC(Cc1ccccc1)(c1cc(F)cc(F)c1)c1ccc(Cl)cn1)C1CC1. The van der Waals surface area contributed by atoms with Gasteiger partial charge in [-0.05, 0) is 48.2 Å². The molecule has 1 N–H and O–H groups in total. The lowest BCUT2D eigenvalue weighted by Crippen LogP contribution is -2.49. The molecule has 0 aliphatic heterocycles. The lowest BCUT2D eigenvalue weighted by Gasteiger charge is -2.35. The highest BCUT2D eigenvalue weighted by Crippen LogP contribution is 2.37. The van der Waals surface area contributed by atoms with Crippen LogP contribution in [0, 0.1) is 17.6 Å². The summed E-state index contributed by atoms with van der Waals surface area (Å²) in [6, 6.07) is 16.1. The first kappa shape index (κ1) is 19.5. The van der Waals surface area contributed by atoms with Crippen LogP contribution in [0.4, 0.5) is 8.78 Å². The number of hydrogen-bond donors (Lipinski definition) is 1. The number of pyridine rings is 1. The molecule has 1 aliphatic rings. The van der Waals surface area contributed by atoms with Gasteiger partial charge in [0, 0.05) is 24.6 Å². The highest BCUT2D eigenvalue weighted by molar-refractivity contribution is 6.30. The molecule has 0 radical (unpaired) electrons. The zero-order valence-corrected chi connectivity index (χ0v) is 16.3. The first-order valence-electron chi connectivity index (χ1n) is 9.41. The van der Waals surface area contributed by atoms with Gasteiger partial charge in [-0.3, -0.25) is 9.78 Å². The number of aromatic nitrogens is 1. The van der Waals surface area contributed by atoms with Crippen LogP contribution in [-0.2, 0) is 16.8 Å². The molecule has 4 rings (SSSR count). The van der Waals surface area contributed by atoms with E-state index >= 15 is 0 Å². The van der Waals surface area contributed by atoms with Gasteiger partial charge in [-0.15, -0.1) is 0 Å². The topological polar surface area (TPSA) is 42.0 Å². The summed E-state index contributed by atoms with van der Waals surface area (Å²) in [6.07, 6.45) is 3.36. The zero-order valence-electron chi connectivity index (χ0n) is 15.5. The molecule has 1 fully saturated rings. The molecular formula is C23H19ClF2N2O. The van der Waals surface area contributed by atoms with E-state index in [9.17, 15) is 13.6 Å². The Morgan fingerprint density at radius 1 is 1.07 bits per heavy atom. The maximum atomic E-state index is 14.2. The number of amides is 1. The average molecular weight is 413 g/mol. The van der Waals surface area contributed by atoms with Gasteiger partial charge in [0.25, 0.3) is 0 Å². The van der Waals surface area contributed by atoms with E-state index in [1.807, 2.05) is 30.3 Å². The van der Waals surface area contributed by atoms with Crippen molar-refractivity contribution in [2.75, 3.05) is 0 Å². The highest BCUT2D eigenvalue weighted by atomic mass is 35.5. The number of nitrogens with one attached hydrogen (secondary N) is 1. The van der Waals surface area contributed by atoms with Crippen molar-refractivity contribution in [1.29, 1.82) is 0 Å². The molecule has 1 amide bonds. The van der Waals surface area contributed by atoms with E-state index in [0.29, 0.717) is 16.3 Å². The molecule has 3 nitrogen and oxygen atoms in total.